The second-order valence-electron chi connectivity index (χ2n) is 8.85. The van der Waals surface area contributed by atoms with Crippen molar-refractivity contribution in [3.63, 3.8) is 0 Å². The third-order valence-corrected chi connectivity index (χ3v) is 6.44. The zero-order chi connectivity index (χ0) is 21.8. The summed E-state index contributed by atoms with van der Waals surface area (Å²) >= 11 is 0. The summed E-state index contributed by atoms with van der Waals surface area (Å²) in [4.78, 5) is 12.2. The maximum absolute atomic E-state index is 4.97. The van der Waals surface area contributed by atoms with E-state index in [0.717, 1.165) is 54.6 Å². The standard InChI is InChI=1S/C28H30N4/c1-21-11-13-24(14-12-21)20-29-27-25-9-5-6-10-26(25)30-28(31-27)32-17-15-23(16-18-32)19-22-7-3-2-4-8-22/h2-14,23H,15-20H2,1H3,(H,29,30,31). The van der Waals surface area contributed by atoms with Crippen molar-refractivity contribution in [1.29, 1.82) is 0 Å². The number of para-hydroxylation sites is 1. The highest BCUT2D eigenvalue weighted by atomic mass is 15.3. The average molecular weight is 423 g/mol. The van der Waals surface area contributed by atoms with Crippen molar-refractivity contribution in [2.24, 2.45) is 5.92 Å². The second-order valence-corrected chi connectivity index (χ2v) is 8.85. The number of rotatable bonds is 6. The number of piperidine rings is 1. The van der Waals surface area contributed by atoms with Crippen LogP contribution in [0.25, 0.3) is 10.9 Å². The number of aryl methyl sites for hydroxylation is 1. The first kappa shape index (κ1) is 20.5. The molecule has 4 aromatic rings. The van der Waals surface area contributed by atoms with E-state index in [9.17, 15) is 0 Å². The number of benzene rings is 3. The molecule has 0 saturated carbocycles. The second kappa shape index (κ2) is 9.39. The van der Waals surface area contributed by atoms with E-state index in [1.54, 1.807) is 0 Å². The van der Waals surface area contributed by atoms with Crippen molar-refractivity contribution in [1.82, 2.24) is 9.97 Å². The number of nitrogens with zero attached hydrogens (tertiary/aromatic N) is 3. The molecule has 4 nitrogen and oxygen atoms in total. The predicted octanol–water partition coefficient (Wildman–Crippen LogP) is 6.01. The quantitative estimate of drug-likeness (QED) is 0.413. The van der Waals surface area contributed by atoms with E-state index in [-0.39, 0.29) is 0 Å². The summed E-state index contributed by atoms with van der Waals surface area (Å²) in [6.45, 7) is 4.88. The highest BCUT2D eigenvalue weighted by Gasteiger charge is 2.22. The summed E-state index contributed by atoms with van der Waals surface area (Å²) in [5, 5.41) is 4.64. The van der Waals surface area contributed by atoms with Crippen molar-refractivity contribution >= 4 is 22.7 Å². The summed E-state index contributed by atoms with van der Waals surface area (Å²) in [6, 6.07) is 27.8. The van der Waals surface area contributed by atoms with Gasteiger partial charge in [0.05, 0.1) is 5.52 Å². The molecule has 3 aromatic carbocycles. The summed E-state index contributed by atoms with van der Waals surface area (Å²) in [5.74, 6) is 2.49. The van der Waals surface area contributed by atoms with Crippen LogP contribution < -0.4 is 10.2 Å². The number of anilines is 2. The van der Waals surface area contributed by atoms with Crippen molar-refractivity contribution in [3.05, 3.63) is 95.6 Å². The molecule has 4 heteroatoms. The van der Waals surface area contributed by atoms with Gasteiger partial charge in [0.2, 0.25) is 5.95 Å². The van der Waals surface area contributed by atoms with E-state index in [4.69, 9.17) is 9.97 Å². The van der Waals surface area contributed by atoms with Crippen LogP contribution in [-0.2, 0) is 13.0 Å². The first-order valence-electron chi connectivity index (χ1n) is 11.6. The molecule has 1 aromatic heterocycles. The zero-order valence-electron chi connectivity index (χ0n) is 18.7. The van der Waals surface area contributed by atoms with E-state index in [1.807, 2.05) is 0 Å². The van der Waals surface area contributed by atoms with Crippen LogP contribution in [0.5, 0.6) is 0 Å². The molecule has 1 saturated heterocycles. The molecule has 0 amide bonds. The van der Waals surface area contributed by atoms with Crippen LogP contribution >= 0.6 is 0 Å². The van der Waals surface area contributed by atoms with Crippen molar-refractivity contribution < 1.29 is 0 Å². The number of hydrogen-bond acceptors (Lipinski definition) is 4. The largest absolute Gasteiger partial charge is 0.365 e. The Morgan fingerprint density at radius 2 is 1.53 bits per heavy atom. The third-order valence-electron chi connectivity index (χ3n) is 6.44. The van der Waals surface area contributed by atoms with Gasteiger partial charge in [0, 0.05) is 25.0 Å². The number of hydrogen-bond donors (Lipinski definition) is 1. The lowest BCUT2D eigenvalue weighted by molar-refractivity contribution is 0.401. The Labute approximate surface area is 190 Å². The fourth-order valence-corrected chi connectivity index (χ4v) is 4.52. The number of nitrogens with one attached hydrogen (secondary N) is 1. The first-order chi connectivity index (χ1) is 15.7. The van der Waals surface area contributed by atoms with Gasteiger partial charge in [0.1, 0.15) is 5.82 Å². The summed E-state index contributed by atoms with van der Waals surface area (Å²) < 4.78 is 0. The highest BCUT2D eigenvalue weighted by Crippen LogP contribution is 2.28. The van der Waals surface area contributed by atoms with Crippen LogP contribution in [0.1, 0.15) is 29.5 Å². The van der Waals surface area contributed by atoms with Gasteiger partial charge in [-0.05, 0) is 55.4 Å². The van der Waals surface area contributed by atoms with Gasteiger partial charge in [0.25, 0.3) is 0 Å². The van der Waals surface area contributed by atoms with Crippen molar-refractivity contribution in [2.45, 2.75) is 32.7 Å². The Balaban J connectivity index is 1.31. The lowest BCUT2D eigenvalue weighted by Gasteiger charge is -2.32. The molecule has 0 bridgehead atoms. The molecule has 0 atom stereocenters. The number of aromatic nitrogens is 2. The minimum absolute atomic E-state index is 0.730. The first-order valence-corrected chi connectivity index (χ1v) is 11.6. The van der Waals surface area contributed by atoms with Crippen LogP contribution in [0.15, 0.2) is 78.9 Å². The van der Waals surface area contributed by atoms with E-state index in [1.165, 1.54) is 29.5 Å². The molecule has 5 rings (SSSR count). The topological polar surface area (TPSA) is 41.1 Å². The highest BCUT2D eigenvalue weighted by molar-refractivity contribution is 5.90. The molecule has 1 aliphatic heterocycles. The van der Waals surface area contributed by atoms with Crippen LogP contribution in [0.2, 0.25) is 0 Å². The Morgan fingerprint density at radius 3 is 2.31 bits per heavy atom. The third kappa shape index (κ3) is 4.75. The summed E-state index contributed by atoms with van der Waals surface area (Å²) in [6.07, 6.45) is 3.52. The molecule has 2 heterocycles. The van der Waals surface area contributed by atoms with E-state index >= 15 is 0 Å². The fraction of sp³-hybridized carbons (Fsp3) is 0.286. The van der Waals surface area contributed by atoms with Gasteiger partial charge in [-0.1, -0.05) is 72.3 Å². The molecule has 32 heavy (non-hydrogen) atoms. The zero-order valence-corrected chi connectivity index (χ0v) is 18.7. The molecule has 1 N–H and O–H groups in total. The van der Waals surface area contributed by atoms with Crippen molar-refractivity contribution in [2.75, 3.05) is 23.3 Å². The Hall–Kier alpha value is -3.40. The lowest BCUT2D eigenvalue weighted by atomic mass is 9.90. The molecular formula is C28H30N4. The van der Waals surface area contributed by atoms with Crippen LogP contribution in [0.3, 0.4) is 0 Å². The Kier molecular flexibility index (Phi) is 6.02. The van der Waals surface area contributed by atoms with Crippen LogP contribution in [-0.4, -0.2) is 23.1 Å². The van der Waals surface area contributed by atoms with E-state index in [2.05, 4.69) is 96.0 Å². The monoisotopic (exact) mass is 422 g/mol. The maximum Gasteiger partial charge on any atom is 0.227 e. The lowest BCUT2D eigenvalue weighted by Crippen LogP contribution is -2.35. The molecule has 162 valence electrons. The summed E-state index contributed by atoms with van der Waals surface area (Å²) in [7, 11) is 0. The SMILES string of the molecule is Cc1ccc(CNc2nc(N3CCC(Cc4ccccc4)CC3)nc3ccccc23)cc1. The van der Waals surface area contributed by atoms with Gasteiger partial charge in [-0.2, -0.15) is 4.98 Å². The van der Waals surface area contributed by atoms with Gasteiger partial charge in [0.15, 0.2) is 0 Å². The summed E-state index contributed by atoms with van der Waals surface area (Å²) in [5.41, 5.74) is 4.96. The molecule has 1 fully saturated rings. The van der Waals surface area contributed by atoms with Gasteiger partial charge < -0.3 is 10.2 Å². The normalized spacial score (nSPS) is 14.6. The molecule has 0 spiro atoms. The van der Waals surface area contributed by atoms with Gasteiger partial charge in [-0.25, -0.2) is 4.98 Å². The van der Waals surface area contributed by atoms with Gasteiger partial charge in [-0.15, -0.1) is 0 Å². The molecular weight excluding hydrogens is 392 g/mol. The Morgan fingerprint density at radius 1 is 0.812 bits per heavy atom. The van der Waals surface area contributed by atoms with Crippen molar-refractivity contribution in [3.8, 4) is 0 Å². The molecule has 1 aliphatic rings. The van der Waals surface area contributed by atoms with E-state index in [0.29, 0.717) is 0 Å². The average Bonchev–Trinajstić information content (AvgIpc) is 2.84. The smallest absolute Gasteiger partial charge is 0.227 e. The van der Waals surface area contributed by atoms with E-state index < -0.39 is 0 Å². The molecule has 0 radical (unpaired) electrons. The van der Waals surface area contributed by atoms with Gasteiger partial charge in [-0.3, -0.25) is 0 Å². The fourth-order valence-electron chi connectivity index (χ4n) is 4.52. The van der Waals surface area contributed by atoms with Crippen LogP contribution in [0, 0.1) is 12.8 Å². The maximum atomic E-state index is 4.97. The minimum atomic E-state index is 0.730. The van der Waals surface area contributed by atoms with Gasteiger partial charge >= 0.3 is 0 Å². The minimum Gasteiger partial charge on any atom is -0.365 e. The molecule has 0 aliphatic carbocycles. The Bertz CT molecular complexity index is 1160. The van der Waals surface area contributed by atoms with Crippen LogP contribution in [0.4, 0.5) is 11.8 Å². The number of fused-ring (bicyclic) bond motifs is 1. The predicted molar refractivity (Wildman–Crippen MR) is 133 cm³/mol. The molecule has 0 unspecified atom stereocenters.